The van der Waals surface area contributed by atoms with Gasteiger partial charge >= 0.3 is 0 Å². The molecular weight excluding hydrogens is 394 g/mol. The van der Waals surface area contributed by atoms with Crippen molar-refractivity contribution in [3.63, 3.8) is 0 Å². The van der Waals surface area contributed by atoms with Crippen molar-refractivity contribution in [2.24, 2.45) is 5.92 Å². The number of benzene rings is 2. The highest BCUT2D eigenvalue weighted by Crippen LogP contribution is 2.33. The fourth-order valence-corrected chi connectivity index (χ4v) is 3.37. The van der Waals surface area contributed by atoms with Crippen LogP contribution >= 0.6 is 11.6 Å². The van der Waals surface area contributed by atoms with Gasteiger partial charge in [0.25, 0.3) is 17.5 Å². The molecule has 1 heterocycles. The van der Waals surface area contributed by atoms with E-state index in [9.17, 15) is 19.7 Å². The summed E-state index contributed by atoms with van der Waals surface area (Å²) in [4.78, 5) is 37.7. The molecule has 2 aromatic rings. The fourth-order valence-electron chi connectivity index (χ4n) is 3.14. The van der Waals surface area contributed by atoms with Gasteiger partial charge in [-0.2, -0.15) is 0 Å². The summed E-state index contributed by atoms with van der Waals surface area (Å²) in [7, 11) is 0. The Labute approximate surface area is 173 Å². The van der Waals surface area contributed by atoms with Crippen LogP contribution in [0.3, 0.4) is 0 Å². The van der Waals surface area contributed by atoms with Crippen molar-refractivity contribution in [2.45, 2.75) is 20.8 Å². The zero-order valence-electron chi connectivity index (χ0n) is 16.2. The Morgan fingerprint density at radius 2 is 1.76 bits per heavy atom. The molecule has 0 saturated heterocycles. The predicted octanol–water partition coefficient (Wildman–Crippen LogP) is 4.40. The third-order valence-electron chi connectivity index (χ3n) is 4.53. The number of carbonyl (C=O) groups excluding carboxylic acids is 2. The highest BCUT2D eigenvalue weighted by molar-refractivity contribution is 6.36. The Kier molecular flexibility index (Phi) is 5.70. The van der Waals surface area contributed by atoms with Crippen molar-refractivity contribution < 1.29 is 14.5 Å². The van der Waals surface area contributed by atoms with Gasteiger partial charge in [-0.3, -0.25) is 24.6 Å². The van der Waals surface area contributed by atoms with E-state index in [1.807, 2.05) is 20.8 Å². The largest absolute Gasteiger partial charge is 0.350 e. The Balaban J connectivity index is 2.08. The summed E-state index contributed by atoms with van der Waals surface area (Å²) in [6.45, 7) is 5.95. The molecule has 0 aromatic heterocycles. The smallest absolute Gasteiger partial charge is 0.278 e. The van der Waals surface area contributed by atoms with Gasteiger partial charge in [0, 0.05) is 29.4 Å². The Hall–Kier alpha value is -3.19. The first-order valence-electron chi connectivity index (χ1n) is 9.07. The number of nitro benzene ring substituents is 1. The quantitative estimate of drug-likeness (QED) is 0.430. The van der Waals surface area contributed by atoms with Gasteiger partial charge < -0.3 is 5.32 Å². The lowest BCUT2D eigenvalue weighted by atomic mass is 10.0. The molecule has 0 radical (unpaired) electrons. The molecule has 7 nitrogen and oxygen atoms in total. The van der Waals surface area contributed by atoms with Crippen LogP contribution < -0.4 is 5.32 Å². The van der Waals surface area contributed by atoms with Crippen molar-refractivity contribution in [1.29, 1.82) is 0 Å². The summed E-state index contributed by atoms with van der Waals surface area (Å²) in [5.41, 5.74) is 2.16. The maximum Gasteiger partial charge on any atom is 0.278 e. The first-order chi connectivity index (χ1) is 13.7. The number of amides is 2. The van der Waals surface area contributed by atoms with E-state index in [0.717, 1.165) is 5.56 Å². The van der Waals surface area contributed by atoms with Gasteiger partial charge in [-0.15, -0.1) is 0 Å². The maximum absolute atomic E-state index is 13.1. The van der Waals surface area contributed by atoms with Crippen molar-refractivity contribution in [1.82, 2.24) is 4.90 Å². The summed E-state index contributed by atoms with van der Waals surface area (Å²) < 4.78 is 0. The van der Waals surface area contributed by atoms with Crippen LogP contribution in [-0.2, 0) is 9.59 Å². The SMILES string of the molecule is Cc1cc(Cl)ccc1NC1=C(c2ccc([N+](=O)[O-])cc2)C(=O)N(CC(C)C)C1=O. The second-order valence-corrected chi connectivity index (χ2v) is 7.69. The molecule has 150 valence electrons. The molecule has 1 aliphatic heterocycles. The number of hydrogen-bond acceptors (Lipinski definition) is 5. The lowest BCUT2D eigenvalue weighted by molar-refractivity contribution is -0.384. The molecule has 0 unspecified atom stereocenters. The summed E-state index contributed by atoms with van der Waals surface area (Å²) in [6, 6.07) is 10.8. The minimum atomic E-state index is -0.513. The van der Waals surface area contributed by atoms with Gasteiger partial charge in [-0.1, -0.05) is 25.4 Å². The van der Waals surface area contributed by atoms with Crippen LogP contribution in [0.4, 0.5) is 11.4 Å². The van der Waals surface area contributed by atoms with Gasteiger partial charge in [-0.25, -0.2) is 0 Å². The molecule has 0 bridgehead atoms. The molecule has 0 fully saturated rings. The number of hydrogen-bond donors (Lipinski definition) is 1. The standard InChI is InChI=1S/C21H20ClN3O4/c1-12(2)11-24-20(26)18(14-4-7-16(8-5-14)25(28)29)19(21(24)27)23-17-9-6-15(22)10-13(17)3/h4-10,12,23H,11H2,1-3H3. The van der Waals surface area contributed by atoms with Crippen molar-refractivity contribution in [3.05, 3.63) is 74.4 Å². The van der Waals surface area contributed by atoms with Crippen LogP contribution in [0.2, 0.25) is 5.02 Å². The molecule has 2 aromatic carbocycles. The number of aryl methyl sites for hydroxylation is 1. The van der Waals surface area contributed by atoms with E-state index in [4.69, 9.17) is 11.6 Å². The Morgan fingerprint density at radius 3 is 2.31 bits per heavy atom. The van der Waals surface area contributed by atoms with Crippen LogP contribution in [0.5, 0.6) is 0 Å². The Morgan fingerprint density at radius 1 is 1.10 bits per heavy atom. The average molecular weight is 414 g/mol. The maximum atomic E-state index is 13.1. The fraction of sp³-hybridized carbons (Fsp3) is 0.238. The zero-order chi connectivity index (χ0) is 21.3. The summed E-state index contributed by atoms with van der Waals surface area (Å²) in [5, 5.41) is 14.6. The van der Waals surface area contributed by atoms with E-state index >= 15 is 0 Å². The summed E-state index contributed by atoms with van der Waals surface area (Å²) >= 11 is 6.01. The van der Waals surface area contributed by atoms with Crippen LogP contribution in [0.15, 0.2) is 48.2 Å². The molecule has 1 N–H and O–H groups in total. The van der Waals surface area contributed by atoms with Gasteiger partial charge in [0.2, 0.25) is 0 Å². The molecule has 0 saturated carbocycles. The van der Waals surface area contributed by atoms with E-state index in [-0.39, 0.29) is 29.4 Å². The van der Waals surface area contributed by atoms with E-state index in [2.05, 4.69) is 5.32 Å². The topological polar surface area (TPSA) is 92.6 Å². The average Bonchev–Trinajstić information content (AvgIpc) is 2.88. The molecular formula is C21H20ClN3O4. The molecule has 0 atom stereocenters. The minimum Gasteiger partial charge on any atom is -0.350 e. The number of anilines is 1. The number of nitrogens with one attached hydrogen (secondary N) is 1. The molecule has 3 rings (SSSR count). The van der Waals surface area contributed by atoms with Gasteiger partial charge in [0.05, 0.1) is 10.5 Å². The zero-order valence-corrected chi connectivity index (χ0v) is 17.0. The molecule has 0 spiro atoms. The van der Waals surface area contributed by atoms with Gasteiger partial charge in [0.1, 0.15) is 5.70 Å². The third-order valence-corrected chi connectivity index (χ3v) is 4.77. The number of carbonyl (C=O) groups is 2. The van der Waals surface area contributed by atoms with E-state index < -0.39 is 16.7 Å². The Bertz CT molecular complexity index is 1030. The number of nitro groups is 1. The van der Waals surface area contributed by atoms with Crippen molar-refractivity contribution in [3.8, 4) is 0 Å². The predicted molar refractivity (Wildman–Crippen MR) is 111 cm³/mol. The lowest BCUT2D eigenvalue weighted by Gasteiger charge is -2.17. The van der Waals surface area contributed by atoms with Crippen molar-refractivity contribution >= 4 is 40.4 Å². The lowest BCUT2D eigenvalue weighted by Crippen LogP contribution is -2.35. The van der Waals surface area contributed by atoms with Crippen molar-refractivity contribution in [2.75, 3.05) is 11.9 Å². The van der Waals surface area contributed by atoms with Crippen LogP contribution in [-0.4, -0.2) is 28.2 Å². The van der Waals surface area contributed by atoms with E-state index in [1.54, 1.807) is 18.2 Å². The minimum absolute atomic E-state index is 0.0896. The molecule has 0 aliphatic carbocycles. The first kappa shape index (κ1) is 20.5. The number of imide groups is 1. The second-order valence-electron chi connectivity index (χ2n) is 7.25. The highest BCUT2D eigenvalue weighted by atomic mass is 35.5. The molecule has 8 heteroatoms. The first-order valence-corrected chi connectivity index (χ1v) is 9.45. The molecule has 2 amide bonds. The van der Waals surface area contributed by atoms with Gasteiger partial charge in [0.15, 0.2) is 0 Å². The normalized spacial score (nSPS) is 14.2. The second kappa shape index (κ2) is 8.05. The number of nitrogens with zero attached hydrogens (tertiary/aromatic N) is 2. The summed E-state index contributed by atoms with van der Waals surface area (Å²) in [6.07, 6.45) is 0. The van der Waals surface area contributed by atoms with Crippen LogP contribution in [0.25, 0.3) is 5.57 Å². The van der Waals surface area contributed by atoms with E-state index in [0.29, 0.717) is 16.3 Å². The van der Waals surface area contributed by atoms with E-state index in [1.165, 1.54) is 29.2 Å². The monoisotopic (exact) mass is 413 g/mol. The van der Waals surface area contributed by atoms with Crippen LogP contribution in [0, 0.1) is 23.0 Å². The highest BCUT2D eigenvalue weighted by Gasteiger charge is 2.39. The molecule has 29 heavy (non-hydrogen) atoms. The van der Waals surface area contributed by atoms with Crippen LogP contribution in [0.1, 0.15) is 25.0 Å². The summed E-state index contributed by atoms with van der Waals surface area (Å²) in [5.74, 6) is -0.754. The molecule has 1 aliphatic rings. The number of rotatable bonds is 6. The number of non-ortho nitro benzene ring substituents is 1. The third kappa shape index (κ3) is 4.14. The van der Waals surface area contributed by atoms with Gasteiger partial charge in [-0.05, 0) is 54.3 Å². The number of halogens is 1.